The van der Waals surface area contributed by atoms with Crippen molar-refractivity contribution in [3.8, 4) is 5.75 Å². The molecule has 162 valence electrons. The smallest absolute Gasteiger partial charge is 0.342 e. The van der Waals surface area contributed by atoms with Gasteiger partial charge in [-0.25, -0.2) is 9.78 Å². The van der Waals surface area contributed by atoms with E-state index in [0.717, 1.165) is 17.0 Å². The van der Waals surface area contributed by atoms with E-state index >= 15 is 0 Å². The molecule has 0 aliphatic rings. The van der Waals surface area contributed by atoms with E-state index < -0.39 is 5.97 Å². The van der Waals surface area contributed by atoms with Crippen LogP contribution in [-0.2, 0) is 22.6 Å². The van der Waals surface area contributed by atoms with Crippen LogP contribution in [0.1, 0.15) is 35.5 Å². The maximum atomic E-state index is 12.5. The summed E-state index contributed by atoms with van der Waals surface area (Å²) in [6, 6.07) is 13.2. The number of hydrogen-bond acceptors (Lipinski definition) is 7. The van der Waals surface area contributed by atoms with Crippen LogP contribution in [0.5, 0.6) is 5.75 Å². The second-order valence-corrected chi connectivity index (χ2v) is 8.35. The molecule has 3 aromatic rings. The van der Waals surface area contributed by atoms with Crippen molar-refractivity contribution in [1.29, 1.82) is 0 Å². The van der Waals surface area contributed by atoms with Crippen LogP contribution >= 0.6 is 23.1 Å². The van der Waals surface area contributed by atoms with Gasteiger partial charge in [-0.1, -0.05) is 19.1 Å². The highest BCUT2D eigenvalue weighted by Crippen LogP contribution is 2.30. The van der Waals surface area contributed by atoms with E-state index in [2.05, 4.69) is 11.9 Å². The number of ether oxygens (including phenoxy) is 2. The lowest BCUT2D eigenvalue weighted by Crippen LogP contribution is -2.22. The fraction of sp³-hybridized carbons (Fsp3) is 0.261. The lowest BCUT2D eigenvalue weighted by Gasteiger charge is -2.18. The van der Waals surface area contributed by atoms with Gasteiger partial charge in [0.15, 0.2) is 5.13 Å². The molecule has 0 atom stereocenters. The van der Waals surface area contributed by atoms with Crippen molar-refractivity contribution in [3.05, 3.63) is 64.7 Å². The number of carbonyl (C=O) groups excluding carboxylic acids is 2. The Morgan fingerprint density at radius 3 is 2.52 bits per heavy atom. The number of rotatable bonds is 8. The van der Waals surface area contributed by atoms with Gasteiger partial charge in [0, 0.05) is 17.2 Å². The topological polar surface area (TPSA) is 68.7 Å². The third-order valence-electron chi connectivity index (χ3n) is 4.63. The first-order valence-corrected chi connectivity index (χ1v) is 11.8. The molecule has 0 N–H and O–H groups in total. The second-order valence-electron chi connectivity index (χ2n) is 6.64. The van der Waals surface area contributed by atoms with E-state index in [-0.39, 0.29) is 12.5 Å². The van der Waals surface area contributed by atoms with Gasteiger partial charge < -0.3 is 9.47 Å². The predicted octanol–water partition coefficient (Wildman–Crippen LogP) is 5.48. The monoisotopic (exact) mass is 456 g/mol. The van der Waals surface area contributed by atoms with Gasteiger partial charge in [-0.3, -0.25) is 9.69 Å². The second kappa shape index (κ2) is 10.5. The fourth-order valence-electron chi connectivity index (χ4n) is 2.96. The molecule has 0 fully saturated rings. The molecule has 0 aliphatic heterocycles. The number of aromatic nitrogens is 1. The molecule has 0 bridgehead atoms. The van der Waals surface area contributed by atoms with Gasteiger partial charge >= 0.3 is 5.97 Å². The molecule has 3 rings (SSSR count). The Morgan fingerprint density at radius 2 is 1.90 bits per heavy atom. The summed E-state index contributed by atoms with van der Waals surface area (Å²) in [7, 11) is 1.52. The highest BCUT2D eigenvalue weighted by Gasteiger charge is 2.19. The summed E-state index contributed by atoms with van der Waals surface area (Å²) in [6.07, 6.45) is 2.88. The Hall–Kier alpha value is -2.84. The molecule has 1 amide bonds. The van der Waals surface area contributed by atoms with Crippen LogP contribution in [0.4, 0.5) is 10.8 Å². The summed E-state index contributed by atoms with van der Waals surface area (Å²) in [6.45, 7) is 3.58. The lowest BCUT2D eigenvalue weighted by molar-refractivity contribution is -0.115. The molecule has 0 aliphatic carbocycles. The predicted molar refractivity (Wildman–Crippen MR) is 125 cm³/mol. The Labute approximate surface area is 190 Å². The molecule has 0 spiro atoms. The Bertz CT molecular complexity index is 1060. The van der Waals surface area contributed by atoms with E-state index in [9.17, 15) is 9.59 Å². The lowest BCUT2D eigenvalue weighted by atomic mass is 10.1. The van der Waals surface area contributed by atoms with Crippen LogP contribution in [0.3, 0.4) is 0 Å². The number of esters is 1. The number of thiazole rings is 1. The Balaban J connectivity index is 1.72. The Kier molecular flexibility index (Phi) is 7.70. The molecule has 0 saturated heterocycles. The molecule has 2 aromatic carbocycles. The van der Waals surface area contributed by atoms with Crippen molar-refractivity contribution in [3.63, 3.8) is 0 Å². The standard InChI is InChI=1S/C23H24N2O4S2/c1-5-16-6-8-18(9-7-16)25(15(2)26)23-24-17(14-31-23)13-29-22(27)20-11-10-19(30-4)12-21(20)28-3/h6-12,14H,5,13H2,1-4H3. The van der Waals surface area contributed by atoms with Gasteiger partial charge in [0.1, 0.15) is 17.9 Å². The van der Waals surface area contributed by atoms with Crippen molar-refractivity contribution < 1.29 is 19.1 Å². The molecular weight excluding hydrogens is 432 g/mol. The average Bonchev–Trinajstić information content (AvgIpc) is 3.25. The van der Waals surface area contributed by atoms with E-state index in [4.69, 9.17) is 9.47 Å². The number of benzene rings is 2. The molecule has 1 aromatic heterocycles. The van der Waals surface area contributed by atoms with E-state index in [1.54, 1.807) is 34.2 Å². The first-order valence-electron chi connectivity index (χ1n) is 9.70. The van der Waals surface area contributed by atoms with Gasteiger partial charge in [-0.05, 0) is 48.6 Å². The molecule has 0 saturated carbocycles. The maximum Gasteiger partial charge on any atom is 0.342 e. The van der Waals surface area contributed by atoms with Gasteiger partial charge in [-0.15, -0.1) is 23.1 Å². The van der Waals surface area contributed by atoms with Crippen LogP contribution < -0.4 is 9.64 Å². The van der Waals surface area contributed by atoms with Crippen molar-refractivity contribution in [2.75, 3.05) is 18.3 Å². The molecule has 1 heterocycles. The minimum absolute atomic E-state index is 0.00326. The maximum absolute atomic E-state index is 12.5. The summed E-state index contributed by atoms with van der Waals surface area (Å²) < 4.78 is 10.8. The van der Waals surface area contributed by atoms with Crippen molar-refractivity contribution in [1.82, 2.24) is 4.98 Å². The summed E-state index contributed by atoms with van der Waals surface area (Å²) in [5.74, 6) is -0.160. The van der Waals surface area contributed by atoms with E-state index in [1.807, 2.05) is 36.6 Å². The third kappa shape index (κ3) is 5.45. The molecule has 31 heavy (non-hydrogen) atoms. The number of thioether (sulfide) groups is 1. The van der Waals surface area contributed by atoms with Gasteiger partial charge in [0.05, 0.1) is 18.5 Å². The minimum Gasteiger partial charge on any atom is -0.496 e. The number of nitrogens with zero attached hydrogens (tertiary/aromatic N) is 2. The molecule has 8 heteroatoms. The quantitative estimate of drug-likeness (QED) is 0.330. The third-order valence-corrected chi connectivity index (χ3v) is 6.23. The number of aryl methyl sites for hydroxylation is 1. The number of amides is 1. The number of methoxy groups -OCH3 is 1. The number of anilines is 2. The van der Waals surface area contributed by atoms with Crippen LogP contribution in [0.2, 0.25) is 0 Å². The minimum atomic E-state index is -0.488. The zero-order chi connectivity index (χ0) is 22.4. The largest absolute Gasteiger partial charge is 0.496 e. The SMILES string of the molecule is CCc1ccc(N(C(C)=O)c2nc(COC(=O)c3ccc(SC)cc3OC)cs2)cc1. The van der Waals surface area contributed by atoms with Crippen molar-refractivity contribution >= 4 is 45.8 Å². The highest BCUT2D eigenvalue weighted by molar-refractivity contribution is 7.98. The van der Waals surface area contributed by atoms with Gasteiger partial charge in [0.25, 0.3) is 0 Å². The summed E-state index contributed by atoms with van der Waals surface area (Å²) >= 11 is 2.89. The van der Waals surface area contributed by atoms with Crippen LogP contribution in [0.25, 0.3) is 0 Å². The summed E-state index contributed by atoms with van der Waals surface area (Å²) in [4.78, 5) is 31.9. The van der Waals surface area contributed by atoms with Crippen LogP contribution in [0, 0.1) is 0 Å². The summed E-state index contributed by atoms with van der Waals surface area (Å²) in [5.41, 5.74) is 2.88. The normalized spacial score (nSPS) is 10.6. The zero-order valence-corrected chi connectivity index (χ0v) is 19.5. The molecule has 0 unspecified atom stereocenters. The summed E-state index contributed by atoms with van der Waals surface area (Å²) in [5, 5.41) is 2.32. The van der Waals surface area contributed by atoms with E-state index in [1.165, 1.54) is 30.9 Å². The first kappa shape index (κ1) is 22.8. The molecular formula is C23H24N2O4S2. The number of carbonyl (C=O) groups is 2. The van der Waals surface area contributed by atoms with Crippen molar-refractivity contribution in [2.45, 2.75) is 31.8 Å². The number of hydrogen-bond donors (Lipinski definition) is 0. The van der Waals surface area contributed by atoms with Crippen LogP contribution in [-0.4, -0.2) is 30.2 Å². The van der Waals surface area contributed by atoms with Gasteiger partial charge in [0.2, 0.25) is 5.91 Å². The molecule has 0 radical (unpaired) electrons. The zero-order valence-electron chi connectivity index (χ0n) is 17.9. The first-order chi connectivity index (χ1) is 15.0. The van der Waals surface area contributed by atoms with Crippen molar-refractivity contribution in [2.24, 2.45) is 0 Å². The van der Waals surface area contributed by atoms with Gasteiger partial charge in [-0.2, -0.15) is 0 Å². The molecule has 6 nitrogen and oxygen atoms in total. The van der Waals surface area contributed by atoms with Crippen LogP contribution in [0.15, 0.2) is 52.7 Å². The fourth-order valence-corrected chi connectivity index (χ4v) is 4.26. The average molecular weight is 457 g/mol. The van der Waals surface area contributed by atoms with E-state index in [0.29, 0.717) is 22.1 Å². The Morgan fingerprint density at radius 1 is 1.16 bits per heavy atom. The highest BCUT2D eigenvalue weighted by atomic mass is 32.2.